The molecule has 1 atom stereocenters. The number of aryl methyl sites for hydroxylation is 1. The second-order valence-electron chi connectivity index (χ2n) is 4.86. The van der Waals surface area contributed by atoms with E-state index in [-0.39, 0.29) is 0 Å². The standard InChI is InChI=1S/C16H20N2O/c1-12-7-6-8-14(17-12)11-18(3)16-10-5-4-9-15(16)13(2)19/h4-10,13,19H,11H2,1-3H3/t13-/m0/s1. The van der Waals surface area contributed by atoms with E-state index in [2.05, 4.69) is 9.88 Å². The number of para-hydroxylation sites is 1. The first-order valence-corrected chi connectivity index (χ1v) is 6.48. The van der Waals surface area contributed by atoms with E-state index in [4.69, 9.17) is 0 Å². The van der Waals surface area contributed by atoms with Gasteiger partial charge in [0, 0.05) is 24.0 Å². The van der Waals surface area contributed by atoms with Crippen LogP contribution in [0.2, 0.25) is 0 Å². The van der Waals surface area contributed by atoms with Gasteiger partial charge in [-0.2, -0.15) is 0 Å². The highest BCUT2D eigenvalue weighted by atomic mass is 16.3. The Hall–Kier alpha value is -1.87. The van der Waals surface area contributed by atoms with Crippen LogP contribution in [-0.2, 0) is 6.54 Å². The van der Waals surface area contributed by atoms with Crippen molar-refractivity contribution in [3.63, 3.8) is 0 Å². The number of aliphatic hydroxyl groups is 1. The predicted octanol–water partition coefficient (Wildman–Crippen LogP) is 3.08. The number of hydrogen-bond acceptors (Lipinski definition) is 3. The molecule has 3 heteroatoms. The SMILES string of the molecule is Cc1cccc(CN(C)c2ccccc2[C@H](C)O)n1. The lowest BCUT2D eigenvalue weighted by Gasteiger charge is -2.23. The zero-order valence-corrected chi connectivity index (χ0v) is 11.7. The summed E-state index contributed by atoms with van der Waals surface area (Å²) in [7, 11) is 2.02. The summed E-state index contributed by atoms with van der Waals surface area (Å²) in [5.41, 5.74) is 4.04. The van der Waals surface area contributed by atoms with E-state index in [0.717, 1.165) is 29.2 Å². The van der Waals surface area contributed by atoms with Crippen molar-refractivity contribution in [2.24, 2.45) is 0 Å². The number of benzene rings is 1. The highest BCUT2D eigenvalue weighted by molar-refractivity contribution is 5.54. The maximum atomic E-state index is 9.82. The van der Waals surface area contributed by atoms with Crippen molar-refractivity contribution >= 4 is 5.69 Å². The van der Waals surface area contributed by atoms with Crippen LogP contribution >= 0.6 is 0 Å². The van der Waals surface area contributed by atoms with Gasteiger partial charge in [-0.1, -0.05) is 24.3 Å². The van der Waals surface area contributed by atoms with E-state index in [9.17, 15) is 5.11 Å². The van der Waals surface area contributed by atoms with Crippen molar-refractivity contribution in [1.29, 1.82) is 0 Å². The quantitative estimate of drug-likeness (QED) is 0.913. The fourth-order valence-corrected chi connectivity index (χ4v) is 2.20. The maximum Gasteiger partial charge on any atom is 0.0781 e. The molecule has 1 aromatic heterocycles. The zero-order chi connectivity index (χ0) is 13.8. The van der Waals surface area contributed by atoms with E-state index < -0.39 is 6.10 Å². The second-order valence-corrected chi connectivity index (χ2v) is 4.86. The summed E-state index contributed by atoms with van der Waals surface area (Å²) in [4.78, 5) is 6.62. The number of aliphatic hydroxyl groups excluding tert-OH is 1. The highest BCUT2D eigenvalue weighted by Gasteiger charge is 2.11. The summed E-state index contributed by atoms with van der Waals surface area (Å²) in [6.45, 7) is 4.51. The smallest absolute Gasteiger partial charge is 0.0781 e. The Morgan fingerprint density at radius 3 is 2.58 bits per heavy atom. The molecule has 0 aliphatic carbocycles. The van der Waals surface area contributed by atoms with Crippen LogP contribution in [0.5, 0.6) is 0 Å². The number of hydrogen-bond donors (Lipinski definition) is 1. The third kappa shape index (κ3) is 3.32. The van der Waals surface area contributed by atoms with Crippen molar-refractivity contribution in [2.75, 3.05) is 11.9 Å². The van der Waals surface area contributed by atoms with Gasteiger partial charge in [-0.05, 0) is 32.0 Å². The lowest BCUT2D eigenvalue weighted by molar-refractivity contribution is 0.199. The van der Waals surface area contributed by atoms with Crippen molar-refractivity contribution in [3.8, 4) is 0 Å². The van der Waals surface area contributed by atoms with Crippen molar-refractivity contribution in [3.05, 3.63) is 59.4 Å². The number of aromatic nitrogens is 1. The van der Waals surface area contributed by atoms with Crippen LogP contribution in [0.15, 0.2) is 42.5 Å². The third-order valence-electron chi connectivity index (χ3n) is 3.14. The Balaban J connectivity index is 2.23. The molecule has 0 fully saturated rings. The van der Waals surface area contributed by atoms with Crippen LogP contribution in [0.3, 0.4) is 0 Å². The number of nitrogens with zero attached hydrogens (tertiary/aromatic N) is 2. The first-order chi connectivity index (χ1) is 9.08. The van der Waals surface area contributed by atoms with Gasteiger partial charge in [0.05, 0.1) is 18.3 Å². The molecule has 2 rings (SSSR count). The molecule has 0 amide bonds. The lowest BCUT2D eigenvalue weighted by atomic mass is 10.1. The van der Waals surface area contributed by atoms with Crippen LogP contribution in [0.1, 0.15) is 30.0 Å². The summed E-state index contributed by atoms with van der Waals surface area (Å²) in [5, 5.41) is 9.82. The van der Waals surface area contributed by atoms with Gasteiger partial charge in [-0.15, -0.1) is 0 Å². The molecule has 0 bridgehead atoms. The average Bonchev–Trinajstić information content (AvgIpc) is 2.38. The fraction of sp³-hybridized carbons (Fsp3) is 0.312. The molecule has 0 aliphatic rings. The molecule has 0 spiro atoms. The number of pyridine rings is 1. The van der Waals surface area contributed by atoms with Crippen molar-refractivity contribution in [2.45, 2.75) is 26.5 Å². The van der Waals surface area contributed by atoms with Crippen molar-refractivity contribution in [1.82, 2.24) is 4.98 Å². The molecule has 0 saturated heterocycles. The second kappa shape index (κ2) is 5.85. The van der Waals surface area contributed by atoms with Gasteiger partial charge in [0.1, 0.15) is 0 Å². The van der Waals surface area contributed by atoms with E-state index in [0.29, 0.717) is 0 Å². The van der Waals surface area contributed by atoms with E-state index in [1.54, 1.807) is 6.92 Å². The Labute approximate surface area is 114 Å². The summed E-state index contributed by atoms with van der Waals surface area (Å²) in [6.07, 6.45) is -0.468. The first kappa shape index (κ1) is 13.6. The van der Waals surface area contributed by atoms with Crippen LogP contribution in [0.4, 0.5) is 5.69 Å². The molecule has 19 heavy (non-hydrogen) atoms. The van der Waals surface area contributed by atoms with Gasteiger partial charge in [-0.25, -0.2) is 0 Å². The normalized spacial score (nSPS) is 12.2. The minimum absolute atomic E-state index is 0.468. The molecule has 0 radical (unpaired) electrons. The number of rotatable bonds is 4. The molecule has 1 heterocycles. The van der Waals surface area contributed by atoms with Gasteiger partial charge < -0.3 is 10.0 Å². The molecule has 2 aromatic rings. The Morgan fingerprint density at radius 2 is 1.89 bits per heavy atom. The largest absolute Gasteiger partial charge is 0.389 e. The third-order valence-corrected chi connectivity index (χ3v) is 3.14. The molecule has 100 valence electrons. The van der Waals surface area contributed by atoms with Crippen LogP contribution < -0.4 is 4.90 Å². The van der Waals surface area contributed by atoms with E-state index in [1.165, 1.54) is 0 Å². The highest BCUT2D eigenvalue weighted by Crippen LogP contribution is 2.26. The van der Waals surface area contributed by atoms with E-state index in [1.807, 2.05) is 56.4 Å². The predicted molar refractivity (Wildman–Crippen MR) is 78.2 cm³/mol. The number of anilines is 1. The first-order valence-electron chi connectivity index (χ1n) is 6.48. The van der Waals surface area contributed by atoms with Gasteiger partial charge in [0.15, 0.2) is 0 Å². The molecule has 0 saturated carbocycles. The summed E-state index contributed by atoms with van der Waals surface area (Å²) in [6, 6.07) is 14.0. The molecule has 1 N–H and O–H groups in total. The minimum atomic E-state index is -0.468. The van der Waals surface area contributed by atoms with Crippen LogP contribution in [0.25, 0.3) is 0 Å². The summed E-state index contributed by atoms with van der Waals surface area (Å²) < 4.78 is 0. The zero-order valence-electron chi connectivity index (χ0n) is 11.7. The van der Waals surface area contributed by atoms with Gasteiger partial charge in [0.2, 0.25) is 0 Å². The summed E-state index contributed by atoms with van der Waals surface area (Å²) >= 11 is 0. The topological polar surface area (TPSA) is 36.4 Å². The molecular formula is C16H20N2O. The van der Waals surface area contributed by atoms with Gasteiger partial charge in [-0.3, -0.25) is 4.98 Å². The molecule has 3 nitrogen and oxygen atoms in total. The van der Waals surface area contributed by atoms with Gasteiger partial charge >= 0.3 is 0 Å². The fourth-order valence-electron chi connectivity index (χ4n) is 2.20. The van der Waals surface area contributed by atoms with Crippen LogP contribution in [0, 0.1) is 6.92 Å². The van der Waals surface area contributed by atoms with Crippen molar-refractivity contribution < 1.29 is 5.11 Å². The minimum Gasteiger partial charge on any atom is -0.389 e. The molecule has 0 aliphatic heterocycles. The van der Waals surface area contributed by atoms with Gasteiger partial charge in [0.25, 0.3) is 0 Å². The Kier molecular flexibility index (Phi) is 4.17. The van der Waals surface area contributed by atoms with Crippen LogP contribution in [-0.4, -0.2) is 17.1 Å². The van der Waals surface area contributed by atoms with E-state index >= 15 is 0 Å². The molecule has 0 unspecified atom stereocenters. The Bertz CT molecular complexity index is 552. The summed E-state index contributed by atoms with van der Waals surface area (Å²) in [5.74, 6) is 0. The average molecular weight is 256 g/mol. The maximum absolute atomic E-state index is 9.82. The molecular weight excluding hydrogens is 236 g/mol. The monoisotopic (exact) mass is 256 g/mol. The lowest BCUT2D eigenvalue weighted by Crippen LogP contribution is -2.19. The Morgan fingerprint density at radius 1 is 1.16 bits per heavy atom. The molecule has 1 aromatic carbocycles.